The van der Waals surface area contributed by atoms with Gasteiger partial charge < -0.3 is 15.4 Å². The lowest BCUT2D eigenvalue weighted by atomic mass is 10.2. The van der Waals surface area contributed by atoms with Crippen molar-refractivity contribution in [2.24, 2.45) is 0 Å². The second-order valence-corrected chi connectivity index (χ2v) is 10.3. The van der Waals surface area contributed by atoms with Crippen molar-refractivity contribution in [1.82, 2.24) is 15.4 Å². The molecule has 1 fully saturated rings. The number of thiazole rings is 1. The number of ether oxygens (including phenoxy) is 1. The van der Waals surface area contributed by atoms with E-state index in [1.54, 1.807) is 30.6 Å². The smallest absolute Gasteiger partial charge is 0.267 e. The quantitative estimate of drug-likeness (QED) is 0.178. The Morgan fingerprint density at radius 3 is 2.87 bits per heavy atom. The fourth-order valence-corrected chi connectivity index (χ4v) is 5.20. The summed E-state index contributed by atoms with van der Waals surface area (Å²) in [7, 11) is 0. The zero-order valence-electron chi connectivity index (χ0n) is 20.3. The second kappa shape index (κ2) is 12.6. The fraction of sp³-hybridized carbons (Fsp3) is 0.185. The van der Waals surface area contributed by atoms with Crippen LogP contribution in [0.5, 0.6) is 0 Å². The summed E-state index contributed by atoms with van der Waals surface area (Å²) in [5.74, 6) is -0.627. The number of anilines is 3. The number of pyridine rings is 1. The molecule has 11 heteroatoms. The number of amides is 2. The Morgan fingerprint density at radius 1 is 1.11 bits per heavy atom. The first-order chi connectivity index (χ1) is 18.6. The van der Waals surface area contributed by atoms with Gasteiger partial charge in [0.2, 0.25) is 0 Å². The van der Waals surface area contributed by atoms with Gasteiger partial charge in [-0.1, -0.05) is 6.07 Å². The van der Waals surface area contributed by atoms with Crippen LogP contribution in [0, 0.1) is 0 Å². The van der Waals surface area contributed by atoms with E-state index in [1.165, 1.54) is 28.7 Å². The number of nitrogens with zero attached hydrogens (tertiary/aromatic N) is 2. The molecule has 3 N–H and O–H groups in total. The molecule has 1 atom stereocenters. The molecule has 1 unspecified atom stereocenters. The van der Waals surface area contributed by atoms with E-state index in [4.69, 9.17) is 9.57 Å². The lowest BCUT2D eigenvalue weighted by molar-refractivity contribution is -0.198. The molecule has 0 bridgehead atoms. The third-order valence-corrected chi connectivity index (χ3v) is 7.32. The van der Waals surface area contributed by atoms with Crippen molar-refractivity contribution < 1.29 is 19.2 Å². The highest BCUT2D eigenvalue weighted by Gasteiger charge is 2.15. The lowest BCUT2D eigenvalue weighted by Crippen LogP contribution is -2.32. The van der Waals surface area contributed by atoms with E-state index in [2.05, 4.69) is 26.1 Å². The highest BCUT2D eigenvalue weighted by molar-refractivity contribution is 7.15. The van der Waals surface area contributed by atoms with Crippen LogP contribution in [0.3, 0.4) is 0 Å². The zero-order valence-corrected chi connectivity index (χ0v) is 21.9. The van der Waals surface area contributed by atoms with Gasteiger partial charge in [0, 0.05) is 58.7 Å². The Balaban J connectivity index is 1.14. The summed E-state index contributed by atoms with van der Waals surface area (Å²) in [5.41, 5.74) is 5.63. The van der Waals surface area contributed by atoms with E-state index in [-0.39, 0.29) is 5.91 Å². The van der Waals surface area contributed by atoms with E-state index >= 15 is 0 Å². The molecule has 1 aliphatic rings. The van der Waals surface area contributed by atoms with E-state index in [9.17, 15) is 9.59 Å². The molecule has 4 heterocycles. The van der Waals surface area contributed by atoms with Crippen molar-refractivity contribution in [2.75, 3.05) is 17.2 Å². The Bertz CT molecular complexity index is 1410. The summed E-state index contributed by atoms with van der Waals surface area (Å²) in [6.45, 7) is 0.636. The number of aromatic nitrogens is 2. The predicted octanol–water partition coefficient (Wildman–Crippen LogP) is 5.85. The van der Waals surface area contributed by atoms with Crippen LogP contribution < -0.4 is 16.1 Å². The van der Waals surface area contributed by atoms with Crippen LogP contribution in [-0.2, 0) is 14.4 Å². The maximum absolute atomic E-state index is 12.8. The first-order valence-corrected chi connectivity index (χ1v) is 13.7. The van der Waals surface area contributed by atoms with Crippen LogP contribution in [0.1, 0.15) is 33.8 Å². The van der Waals surface area contributed by atoms with E-state index in [1.807, 2.05) is 41.8 Å². The Hall–Kier alpha value is -3.90. The highest BCUT2D eigenvalue weighted by Crippen LogP contribution is 2.28. The first-order valence-electron chi connectivity index (χ1n) is 12.0. The molecular formula is C27H25N5O4S2. The van der Waals surface area contributed by atoms with Gasteiger partial charge in [-0.05, 0) is 61.4 Å². The zero-order chi connectivity index (χ0) is 26.2. The number of hydrogen-bond acceptors (Lipinski definition) is 9. The Labute approximate surface area is 227 Å². The minimum Gasteiger partial charge on any atom is -0.350 e. The first kappa shape index (κ1) is 25.7. The molecule has 5 rings (SSSR count). The van der Waals surface area contributed by atoms with Gasteiger partial charge in [0.15, 0.2) is 11.4 Å². The number of hydroxylamine groups is 1. The van der Waals surface area contributed by atoms with Crippen LogP contribution in [0.15, 0.2) is 72.4 Å². The molecule has 1 saturated heterocycles. The maximum atomic E-state index is 12.8. The number of carbonyl (C=O) groups excluding carboxylic acids is 2. The number of nitrogens with one attached hydrogen (secondary N) is 3. The second-order valence-electron chi connectivity index (χ2n) is 8.36. The molecular weight excluding hydrogens is 522 g/mol. The third-order valence-electron chi connectivity index (χ3n) is 5.51. The van der Waals surface area contributed by atoms with Crippen LogP contribution in [0.4, 0.5) is 16.5 Å². The van der Waals surface area contributed by atoms with Crippen molar-refractivity contribution in [1.29, 1.82) is 0 Å². The molecule has 0 aliphatic carbocycles. The SMILES string of the molecule is O=C(C=Cc1ccc(C(=O)Nc2cccc(Nc3nc(-c4cccnc4)cs3)c2)s1)NOC1CCCCO1. The molecule has 38 heavy (non-hydrogen) atoms. The van der Waals surface area contributed by atoms with Gasteiger partial charge in [-0.25, -0.2) is 15.3 Å². The largest absolute Gasteiger partial charge is 0.350 e. The van der Waals surface area contributed by atoms with Crippen molar-refractivity contribution >= 4 is 57.1 Å². The summed E-state index contributed by atoms with van der Waals surface area (Å²) < 4.78 is 5.41. The number of rotatable bonds is 9. The van der Waals surface area contributed by atoms with Crippen molar-refractivity contribution in [3.63, 3.8) is 0 Å². The summed E-state index contributed by atoms with van der Waals surface area (Å²) in [6.07, 6.45) is 8.87. The summed E-state index contributed by atoms with van der Waals surface area (Å²) >= 11 is 2.77. The molecule has 9 nitrogen and oxygen atoms in total. The van der Waals surface area contributed by atoms with Gasteiger partial charge in [0.25, 0.3) is 11.8 Å². The van der Waals surface area contributed by atoms with Gasteiger partial charge in [0.1, 0.15) is 0 Å². The van der Waals surface area contributed by atoms with Crippen LogP contribution in [-0.4, -0.2) is 34.7 Å². The predicted molar refractivity (Wildman–Crippen MR) is 149 cm³/mol. The number of hydrogen-bond donors (Lipinski definition) is 3. The average Bonchev–Trinajstić information content (AvgIpc) is 3.62. The molecule has 1 aromatic carbocycles. The monoisotopic (exact) mass is 547 g/mol. The average molecular weight is 548 g/mol. The number of carbonyl (C=O) groups is 2. The van der Waals surface area contributed by atoms with Crippen molar-refractivity contribution in [3.05, 3.63) is 82.1 Å². The Morgan fingerprint density at radius 2 is 2.03 bits per heavy atom. The van der Waals surface area contributed by atoms with E-state index < -0.39 is 12.2 Å². The van der Waals surface area contributed by atoms with Gasteiger partial charge >= 0.3 is 0 Å². The maximum Gasteiger partial charge on any atom is 0.267 e. The highest BCUT2D eigenvalue weighted by atomic mass is 32.1. The molecule has 0 spiro atoms. The minimum absolute atomic E-state index is 0.234. The van der Waals surface area contributed by atoms with E-state index in [0.29, 0.717) is 17.2 Å². The normalized spacial score (nSPS) is 15.3. The van der Waals surface area contributed by atoms with Crippen LogP contribution in [0.25, 0.3) is 17.3 Å². The van der Waals surface area contributed by atoms with Gasteiger partial charge in [-0.2, -0.15) is 0 Å². The number of thiophene rings is 1. The standard InChI is InChI=1S/C27H25N5O4S2/c33-24(32-36-25-8-1-2-14-35-25)12-10-21-9-11-23(38-21)26(34)29-19-6-3-7-20(15-19)30-27-31-22(17-37-27)18-5-4-13-28-16-18/h3-7,9-13,15-17,25H,1-2,8,14H2,(H,29,34)(H,30,31)(H,32,33). The molecule has 0 saturated carbocycles. The molecule has 4 aromatic rings. The molecule has 194 valence electrons. The van der Waals surface area contributed by atoms with Gasteiger partial charge in [-0.3, -0.25) is 14.6 Å². The minimum atomic E-state index is -0.405. The number of benzene rings is 1. The summed E-state index contributed by atoms with van der Waals surface area (Å²) in [4.78, 5) is 40.1. The van der Waals surface area contributed by atoms with E-state index in [0.717, 1.165) is 46.2 Å². The summed E-state index contributed by atoms with van der Waals surface area (Å²) in [6, 6.07) is 14.8. The molecule has 0 radical (unpaired) electrons. The van der Waals surface area contributed by atoms with Crippen molar-refractivity contribution in [3.8, 4) is 11.3 Å². The molecule has 1 aliphatic heterocycles. The Kier molecular flexibility index (Phi) is 8.51. The molecule has 3 aromatic heterocycles. The van der Waals surface area contributed by atoms with Gasteiger partial charge in [-0.15, -0.1) is 22.7 Å². The fourth-order valence-electron chi connectivity index (χ4n) is 3.65. The summed E-state index contributed by atoms with van der Waals surface area (Å²) in [5, 5.41) is 8.91. The van der Waals surface area contributed by atoms with Crippen LogP contribution in [0.2, 0.25) is 0 Å². The molecule has 2 amide bonds. The topological polar surface area (TPSA) is 114 Å². The van der Waals surface area contributed by atoms with Crippen molar-refractivity contribution in [2.45, 2.75) is 25.6 Å². The lowest BCUT2D eigenvalue weighted by Gasteiger charge is -2.21. The van der Waals surface area contributed by atoms with Gasteiger partial charge in [0.05, 0.1) is 10.6 Å². The van der Waals surface area contributed by atoms with Crippen LogP contribution >= 0.6 is 22.7 Å². The third kappa shape index (κ3) is 7.11.